The van der Waals surface area contributed by atoms with Crippen LogP contribution in [0.1, 0.15) is 59.8 Å². The molecule has 1 aromatic carbocycles. The highest BCUT2D eigenvalue weighted by Gasteiger charge is 2.28. The minimum Gasteiger partial charge on any atom is -0.376 e. The molecule has 2 aromatic heterocycles. The van der Waals surface area contributed by atoms with E-state index >= 15 is 0 Å². The van der Waals surface area contributed by atoms with Crippen LogP contribution in [0.25, 0.3) is 11.0 Å². The van der Waals surface area contributed by atoms with E-state index in [0.29, 0.717) is 13.1 Å². The summed E-state index contributed by atoms with van der Waals surface area (Å²) in [5.74, 6) is -0.0799. The van der Waals surface area contributed by atoms with Gasteiger partial charge in [0.25, 0.3) is 11.5 Å². The lowest BCUT2D eigenvalue weighted by Crippen LogP contribution is -2.40. The Labute approximate surface area is 203 Å². The third-order valence-electron chi connectivity index (χ3n) is 6.70. The Morgan fingerprint density at radius 3 is 2.77 bits per heavy atom. The Bertz CT molecular complexity index is 1370. The first-order valence-electron chi connectivity index (χ1n) is 12.3. The second-order valence-corrected chi connectivity index (χ2v) is 9.49. The standard InChI is InChI=1S/C26H31N5O4/c1-3-31-23-22(25(33)29-26(31)34)20(12-21(28-23)19-7-8-19)24(32)27-13-17-5-4-6-18(11-17)15-30-9-10-35-16(2)14-30/h4-6,11-12,16,19H,3,7-10,13-15H2,1-2H3,(H,27,32)(H,29,33,34). The molecule has 35 heavy (non-hydrogen) atoms. The summed E-state index contributed by atoms with van der Waals surface area (Å²) >= 11 is 0. The van der Waals surface area contributed by atoms with E-state index in [2.05, 4.69) is 39.2 Å². The molecular weight excluding hydrogens is 446 g/mol. The molecule has 184 valence electrons. The van der Waals surface area contributed by atoms with Gasteiger partial charge in [-0.15, -0.1) is 0 Å². The minimum atomic E-state index is -0.587. The number of hydrogen-bond donors (Lipinski definition) is 2. The number of hydrogen-bond acceptors (Lipinski definition) is 6. The Hall–Kier alpha value is -3.30. The molecule has 0 bridgehead atoms. The fourth-order valence-corrected chi connectivity index (χ4v) is 4.76. The molecule has 1 aliphatic carbocycles. The van der Waals surface area contributed by atoms with Crippen molar-refractivity contribution in [1.29, 1.82) is 0 Å². The highest BCUT2D eigenvalue weighted by Crippen LogP contribution is 2.39. The molecule has 1 unspecified atom stereocenters. The average Bonchev–Trinajstić information content (AvgIpc) is 3.68. The van der Waals surface area contributed by atoms with Gasteiger partial charge in [-0.1, -0.05) is 24.3 Å². The zero-order valence-electron chi connectivity index (χ0n) is 20.2. The number of aromatic amines is 1. The predicted octanol–water partition coefficient (Wildman–Crippen LogP) is 2.13. The monoisotopic (exact) mass is 477 g/mol. The van der Waals surface area contributed by atoms with Crippen LogP contribution in [0.5, 0.6) is 0 Å². The van der Waals surface area contributed by atoms with Crippen molar-refractivity contribution in [1.82, 2.24) is 24.8 Å². The second-order valence-electron chi connectivity index (χ2n) is 9.49. The van der Waals surface area contributed by atoms with E-state index in [1.807, 2.05) is 19.1 Å². The smallest absolute Gasteiger partial charge is 0.329 e. The summed E-state index contributed by atoms with van der Waals surface area (Å²) in [5, 5.41) is 3.13. The van der Waals surface area contributed by atoms with Gasteiger partial charge in [-0.25, -0.2) is 9.78 Å². The molecule has 2 aliphatic rings. The average molecular weight is 478 g/mol. The molecule has 1 atom stereocenters. The largest absolute Gasteiger partial charge is 0.376 e. The quantitative estimate of drug-likeness (QED) is 0.540. The molecule has 9 nitrogen and oxygen atoms in total. The van der Waals surface area contributed by atoms with Crippen LogP contribution in [0.4, 0.5) is 0 Å². The number of morpholine rings is 1. The molecule has 5 rings (SSSR count). The maximum Gasteiger partial charge on any atom is 0.329 e. The third kappa shape index (κ3) is 5.06. The number of rotatable bonds is 7. The number of nitrogens with zero attached hydrogens (tertiary/aromatic N) is 3. The van der Waals surface area contributed by atoms with Gasteiger partial charge >= 0.3 is 5.69 Å². The van der Waals surface area contributed by atoms with Crippen LogP contribution in [-0.4, -0.2) is 51.1 Å². The Morgan fingerprint density at radius 2 is 2.03 bits per heavy atom. The molecule has 1 saturated carbocycles. The van der Waals surface area contributed by atoms with E-state index in [1.165, 1.54) is 10.1 Å². The molecule has 1 aliphatic heterocycles. The van der Waals surface area contributed by atoms with E-state index in [0.717, 1.165) is 50.3 Å². The summed E-state index contributed by atoms with van der Waals surface area (Å²) in [4.78, 5) is 47.7. The van der Waals surface area contributed by atoms with Crippen molar-refractivity contribution < 1.29 is 9.53 Å². The summed E-state index contributed by atoms with van der Waals surface area (Å²) in [6, 6.07) is 9.88. The first kappa shape index (κ1) is 23.4. The second kappa shape index (κ2) is 9.75. The zero-order valence-corrected chi connectivity index (χ0v) is 20.2. The van der Waals surface area contributed by atoms with Crippen molar-refractivity contribution in [3.05, 3.63) is 73.6 Å². The maximum atomic E-state index is 13.3. The third-order valence-corrected chi connectivity index (χ3v) is 6.70. The fourth-order valence-electron chi connectivity index (χ4n) is 4.76. The summed E-state index contributed by atoms with van der Waals surface area (Å²) in [7, 11) is 0. The molecular formula is C26H31N5O4. The summed E-state index contributed by atoms with van der Waals surface area (Å²) < 4.78 is 7.04. The van der Waals surface area contributed by atoms with Crippen molar-refractivity contribution in [3.63, 3.8) is 0 Å². The van der Waals surface area contributed by atoms with Gasteiger partial charge in [0.15, 0.2) is 5.65 Å². The van der Waals surface area contributed by atoms with E-state index in [1.54, 1.807) is 6.07 Å². The number of pyridine rings is 1. The van der Waals surface area contributed by atoms with Crippen LogP contribution < -0.4 is 16.6 Å². The van der Waals surface area contributed by atoms with Crippen LogP contribution >= 0.6 is 0 Å². The topological polar surface area (TPSA) is 109 Å². The highest BCUT2D eigenvalue weighted by atomic mass is 16.5. The normalized spacial score (nSPS) is 18.6. The van der Waals surface area contributed by atoms with Crippen molar-refractivity contribution in [2.75, 3.05) is 19.7 Å². The van der Waals surface area contributed by atoms with Gasteiger partial charge in [0.1, 0.15) is 0 Å². The molecule has 9 heteroatoms. The first-order valence-corrected chi connectivity index (χ1v) is 12.3. The van der Waals surface area contributed by atoms with E-state index in [4.69, 9.17) is 4.74 Å². The maximum absolute atomic E-state index is 13.3. The Balaban J connectivity index is 1.39. The molecule has 2 N–H and O–H groups in total. The van der Waals surface area contributed by atoms with Crippen LogP contribution in [0, 0.1) is 0 Å². The highest BCUT2D eigenvalue weighted by molar-refractivity contribution is 6.05. The van der Waals surface area contributed by atoms with Crippen molar-refractivity contribution in [2.45, 2.75) is 58.3 Å². The lowest BCUT2D eigenvalue weighted by atomic mass is 10.1. The van der Waals surface area contributed by atoms with E-state index in [-0.39, 0.29) is 34.5 Å². The van der Waals surface area contributed by atoms with Crippen LogP contribution in [0.3, 0.4) is 0 Å². The minimum absolute atomic E-state index is 0.156. The number of aryl methyl sites for hydroxylation is 1. The van der Waals surface area contributed by atoms with Gasteiger partial charge in [-0.3, -0.25) is 24.0 Å². The molecule has 2 fully saturated rings. The van der Waals surface area contributed by atoms with Crippen LogP contribution in [-0.2, 0) is 24.4 Å². The lowest BCUT2D eigenvalue weighted by molar-refractivity contribution is -0.0212. The number of aromatic nitrogens is 3. The first-order chi connectivity index (χ1) is 16.9. The van der Waals surface area contributed by atoms with Gasteiger partial charge in [0.05, 0.1) is 23.7 Å². The summed E-state index contributed by atoms with van der Waals surface area (Å²) in [6.45, 7) is 7.96. The van der Waals surface area contributed by atoms with Gasteiger partial charge < -0.3 is 10.1 Å². The number of H-pyrrole nitrogens is 1. The van der Waals surface area contributed by atoms with E-state index < -0.39 is 11.2 Å². The molecule has 3 heterocycles. The number of carbonyl (C=O) groups excluding carboxylic acids is 1. The van der Waals surface area contributed by atoms with Gasteiger partial charge in [-0.2, -0.15) is 0 Å². The number of nitrogens with one attached hydrogen (secondary N) is 2. The summed E-state index contributed by atoms with van der Waals surface area (Å²) in [6.07, 6.45) is 2.22. The number of ether oxygens (including phenoxy) is 1. The predicted molar refractivity (Wildman–Crippen MR) is 133 cm³/mol. The molecule has 3 aromatic rings. The number of carbonyl (C=O) groups is 1. The van der Waals surface area contributed by atoms with Gasteiger partial charge in [0.2, 0.25) is 0 Å². The number of amides is 1. The fraction of sp³-hybridized carbons (Fsp3) is 0.462. The molecule has 0 spiro atoms. The SMILES string of the molecule is CCn1c(=O)[nH]c(=O)c2c(C(=O)NCc3cccc(CN4CCOC(C)C4)c3)cc(C3CC3)nc21. The van der Waals surface area contributed by atoms with Gasteiger partial charge in [-0.05, 0) is 43.9 Å². The molecule has 1 saturated heterocycles. The Kier molecular flexibility index (Phi) is 6.53. The Morgan fingerprint density at radius 1 is 1.23 bits per heavy atom. The van der Waals surface area contributed by atoms with E-state index in [9.17, 15) is 14.4 Å². The number of benzene rings is 1. The summed E-state index contributed by atoms with van der Waals surface area (Å²) in [5.41, 5.74) is 2.37. The zero-order chi connectivity index (χ0) is 24.5. The van der Waals surface area contributed by atoms with Crippen molar-refractivity contribution >= 4 is 16.9 Å². The number of fused-ring (bicyclic) bond motifs is 1. The van der Waals surface area contributed by atoms with Crippen LogP contribution in [0.15, 0.2) is 39.9 Å². The van der Waals surface area contributed by atoms with Crippen molar-refractivity contribution in [2.24, 2.45) is 0 Å². The molecule has 0 radical (unpaired) electrons. The van der Waals surface area contributed by atoms with Gasteiger partial charge in [0, 0.05) is 44.3 Å². The van der Waals surface area contributed by atoms with Crippen molar-refractivity contribution in [3.8, 4) is 0 Å². The van der Waals surface area contributed by atoms with Crippen LogP contribution in [0.2, 0.25) is 0 Å². The lowest BCUT2D eigenvalue weighted by Gasteiger charge is -2.31. The molecule has 1 amide bonds.